The highest BCUT2D eigenvalue weighted by Gasteiger charge is 2.16. The van der Waals surface area contributed by atoms with E-state index in [0.29, 0.717) is 6.61 Å². The summed E-state index contributed by atoms with van der Waals surface area (Å²) in [5.41, 5.74) is 4.36. The predicted molar refractivity (Wildman–Crippen MR) is 84.8 cm³/mol. The molecule has 0 aliphatic carbocycles. The van der Waals surface area contributed by atoms with Crippen LogP contribution in [0.15, 0.2) is 65.4 Å². The monoisotopic (exact) mass is 301 g/mol. The fourth-order valence-corrected chi connectivity index (χ4v) is 3.59. The Bertz CT molecular complexity index is 571. The lowest BCUT2D eigenvalue weighted by molar-refractivity contribution is 0.0129. The molecular weight excluding hydrogens is 286 g/mol. The van der Waals surface area contributed by atoms with Crippen molar-refractivity contribution in [2.75, 3.05) is 0 Å². The molecule has 0 radical (unpaired) electrons. The van der Waals surface area contributed by atoms with Crippen LogP contribution in [-0.2, 0) is 11.4 Å². The minimum Gasteiger partial charge on any atom is -0.296 e. The number of nitrogens with one attached hydrogen (secondary N) is 1. The molecule has 3 rings (SSSR count). The van der Waals surface area contributed by atoms with Gasteiger partial charge in [-0.1, -0.05) is 42.5 Å². The Morgan fingerprint density at radius 3 is 2.05 bits per heavy atom. The number of hydrogen-bond donors (Lipinski definition) is 1. The van der Waals surface area contributed by atoms with E-state index in [0.717, 1.165) is 5.56 Å². The van der Waals surface area contributed by atoms with E-state index in [2.05, 4.69) is 52.6 Å². The van der Waals surface area contributed by atoms with Crippen molar-refractivity contribution in [2.45, 2.75) is 12.6 Å². The van der Waals surface area contributed by atoms with E-state index >= 15 is 0 Å². The van der Waals surface area contributed by atoms with Gasteiger partial charge >= 0.3 is 0 Å². The minimum absolute atomic E-state index is 0.110. The minimum atomic E-state index is 0.110. The van der Waals surface area contributed by atoms with Crippen molar-refractivity contribution in [3.8, 4) is 0 Å². The molecule has 2 heterocycles. The van der Waals surface area contributed by atoms with Gasteiger partial charge in [-0.2, -0.15) is 5.48 Å². The first-order valence-corrected chi connectivity index (χ1v) is 8.17. The summed E-state index contributed by atoms with van der Waals surface area (Å²) in [7, 11) is 0. The fraction of sp³-hybridized carbons (Fsp3) is 0.125. The third kappa shape index (κ3) is 3.35. The van der Waals surface area contributed by atoms with E-state index in [9.17, 15) is 0 Å². The highest BCUT2D eigenvalue weighted by Crippen LogP contribution is 2.29. The fourth-order valence-electron chi connectivity index (χ4n) is 1.95. The Balaban J connectivity index is 1.66. The lowest BCUT2D eigenvalue weighted by Gasteiger charge is -2.16. The highest BCUT2D eigenvalue weighted by molar-refractivity contribution is 7.11. The molecule has 0 saturated carbocycles. The van der Waals surface area contributed by atoms with Crippen LogP contribution in [0, 0.1) is 0 Å². The quantitative estimate of drug-likeness (QED) is 0.671. The molecule has 0 aliphatic heterocycles. The van der Waals surface area contributed by atoms with Crippen molar-refractivity contribution in [1.29, 1.82) is 0 Å². The van der Waals surface area contributed by atoms with Gasteiger partial charge in [0.2, 0.25) is 0 Å². The van der Waals surface area contributed by atoms with Crippen molar-refractivity contribution in [3.63, 3.8) is 0 Å². The van der Waals surface area contributed by atoms with Gasteiger partial charge in [-0.3, -0.25) is 4.84 Å². The van der Waals surface area contributed by atoms with Gasteiger partial charge in [-0.05, 0) is 28.5 Å². The lowest BCUT2D eigenvalue weighted by atomic mass is 10.2. The Morgan fingerprint density at radius 1 is 0.850 bits per heavy atom. The van der Waals surface area contributed by atoms with Crippen molar-refractivity contribution in [2.24, 2.45) is 0 Å². The highest BCUT2D eigenvalue weighted by atomic mass is 32.1. The van der Waals surface area contributed by atoms with Crippen molar-refractivity contribution >= 4 is 22.7 Å². The molecular formula is C16H15NOS2. The second-order valence-corrected chi connectivity index (χ2v) is 6.31. The molecule has 0 aliphatic rings. The first-order valence-electron chi connectivity index (χ1n) is 6.41. The summed E-state index contributed by atoms with van der Waals surface area (Å²) in [5.74, 6) is 0. The van der Waals surface area contributed by atoms with E-state index in [1.807, 2.05) is 18.2 Å². The Labute approximate surface area is 126 Å². The van der Waals surface area contributed by atoms with Crippen LogP contribution in [-0.4, -0.2) is 0 Å². The summed E-state index contributed by atoms with van der Waals surface area (Å²) in [6.07, 6.45) is 0. The normalized spacial score (nSPS) is 11.1. The van der Waals surface area contributed by atoms with Crippen LogP contribution in [0.25, 0.3) is 0 Å². The molecule has 4 heteroatoms. The van der Waals surface area contributed by atoms with Gasteiger partial charge < -0.3 is 0 Å². The van der Waals surface area contributed by atoms with Gasteiger partial charge in [0.25, 0.3) is 0 Å². The molecule has 2 aromatic heterocycles. The van der Waals surface area contributed by atoms with E-state index in [4.69, 9.17) is 4.84 Å². The van der Waals surface area contributed by atoms with Crippen molar-refractivity contribution in [3.05, 3.63) is 80.7 Å². The van der Waals surface area contributed by atoms with Gasteiger partial charge in [0.05, 0.1) is 6.61 Å². The van der Waals surface area contributed by atoms with Crippen molar-refractivity contribution < 1.29 is 4.84 Å². The molecule has 20 heavy (non-hydrogen) atoms. The molecule has 0 fully saturated rings. The molecule has 0 amide bonds. The summed E-state index contributed by atoms with van der Waals surface area (Å²) >= 11 is 3.48. The van der Waals surface area contributed by atoms with Gasteiger partial charge in [0.15, 0.2) is 0 Å². The van der Waals surface area contributed by atoms with Gasteiger partial charge in [-0.25, -0.2) is 0 Å². The molecule has 0 unspecified atom stereocenters. The van der Waals surface area contributed by atoms with Crippen LogP contribution in [0.2, 0.25) is 0 Å². The third-order valence-electron chi connectivity index (χ3n) is 2.94. The maximum absolute atomic E-state index is 5.69. The molecule has 102 valence electrons. The number of benzene rings is 1. The maximum atomic E-state index is 5.69. The smallest absolute Gasteiger partial charge is 0.101 e. The van der Waals surface area contributed by atoms with E-state index in [-0.39, 0.29) is 6.04 Å². The predicted octanol–water partition coefficient (Wildman–Crippen LogP) is 4.62. The molecule has 1 N–H and O–H groups in total. The van der Waals surface area contributed by atoms with Crippen LogP contribution in [0.5, 0.6) is 0 Å². The third-order valence-corrected chi connectivity index (χ3v) is 4.81. The lowest BCUT2D eigenvalue weighted by Crippen LogP contribution is -2.21. The molecule has 3 aromatic rings. The Hall–Kier alpha value is -1.46. The first-order chi connectivity index (χ1) is 9.93. The van der Waals surface area contributed by atoms with Crippen molar-refractivity contribution in [1.82, 2.24) is 5.48 Å². The van der Waals surface area contributed by atoms with Gasteiger partial charge in [0, 0.05) is 9.75 Å². The number of hydrogen-bond acceptors (Lipinski definition) is 4. The largest absolute Gasteiger partial charge is 0.296 e. The van der Waals surface area contributed by atoms with Gasteiger partial charge in [-0.15, -0.1) is 22.7 Å². The van der Waals surface area contributed by atoms with E-state index in [1.54, 1.807) is 22.7 Å². The van der Waals surface area contributed by atoms with Crippen LogP contribution in [0.4, 0.5) is 0 Å². The number of thiophene rings is 2. The van der Waals surface area contributed by atoms with Crippen LogP contribution in [0.3, 0.4) is 0 Å². The summed E-state index contributed by atoms with van der Waals surface area (Å²) in [5, 5.41) is 4.18. The van der Waals surface area contributed by atoms with E-state index < -0.39 is 0 Å². The Morgan fingerprint density at radius 2 is 1.50 bits per heavy atom. The zero-order valence-corrected chi connectivity index (χ0v) is 12.5. The molecule has 2 nitrogen and oxygen atoms in total. The summed E-state index contributed by atoms with van der Waals surface area (Å²) in [6, 6.07) is 18.7. The second kappa shape index (κ2) is 6.81. The second-order valence-electron chi connectivity index (χ2n) is 4.36. The standard InChI is InChI=1S/C16H15NOS2/c1-2-6-13(7-3-1)12-18-17-16(14-8-4-10-19-14)15-9-5-11-20-15/h1-11,16-17H,12H2. The average Bonchev–Trinajstić information content (AvgIpc) is 3.18. The summed E-state index contributed by atoms with van der Waals surface area (Å²) < 4.78 is 0. The Kier molecular flexibility index (Phi) is 4.61. The first kappa shape index (κ1) is 13.5. The molecule has 0 spiro atoms. The zero-order chi connectivity index (χ0) is 13.6. The van der Waals surface area contributed by atoms with E-state index in [1.165, 1.54) is 9.75 Å². The molecule has 0 saturated heterocycles. The SMILES string of the molecule is c1ccc(CONC(c2cccs2)c2cccs2)cc1. The number of hydroxylamine groups is 1. The van der Waals surface area contributed by atoms with Crippen LogP contribution >= 0.6 is 22.7 Å². The summed E-state index contributed by atoms with van der Waals surface area (Å²) in [4.78, 5) is 8.22. The molecule has 1 aromatic carbocycles. The van der Waals surface area contributed by atoms with Crippen LogP contribution < -0.4 is 5.48 Å². The average molecular weight is 301 g/mol. The van der Waals surface area contributed by atoms with Crippen LogP contribution in [0.1, 0.15) is 21.4 Å². The molecule has 0 atom stereocenters. The maximum Gasteiger partial charge on any atom is 0.101 e. The van der Waals surface area contributed by atoms with Gasteiger partial charge in [0.1, 0.15) is 6.04 Å². The zero-order valence-electron chi connectivity index (χ0n) is 10.9. The number of rotatable bonds is 6. The summed E-state index contributed by atoms with van der Waals surface area (Å²) in [6.45, 7) is 0.564. The molecule has 0 bridgehead atoms. The topological polar surface area (TPSA) is 21.3 Å².